The first-order valence-corrected chi connectivity index (χ1v) is 15.3. The van der Waals surface area contributed by atoms with Gasteiger partial charge in [-0.15, -0.1) is 0 Å². The predicted octanol–water partition coefficient (Wildman–Crippen LogP) is 6.14. The van der Waals surface area contributed by atoms with Crippen molar-refractivity contribution in [3.8, 4) is 17.4 Å². The quantitative estimate of drug-likeness (QED) is 0.118. The lowest BCUT2D eigenvalue weighted by atomic mass is 9.77. The van der Waals surface area contributed by atoms with Crippen molar-refractivity contribution in [1.82, 2.24) is 9.97 Å². The average Bonchev–Trinajstić information content (AvgIpc) is 3.00. The number of alkyl halides is 4. The van der Waals surface area contributed by atoms with Crippen LogP contribution in [0.2, 0.25) is 0 Å². The Bertz CT molecular complexity index is 1670. The van der Waals surface area contributed by atoms with Crippen LogP contribution in [0.4, 0.5) is 17.6 Å². The van der Waals surface area contributed by atoms with Crippen molar-refractivity contribution in [3.63, 3.8) is 0 Å². The number of halogens is 4. The molecular weight excluding hydrogens is 620 g/mol. The highest BCUT2D eigenvalue weighted by atomic mass is 32.2. The molecule has 0 radical (unpaired) electrons. The molecule has 4 rings (SSSR count). The van der Waals surface area contributed by atoms with E-state index in [1.165, 1.54) is 42.9 Å². The number of rotatable bonds is 14. The minimum atomic E-state index is -3.35. The summed E-state index contributed by atoms with van der Waals surface area (Å²) in [5.41, 5.74) is 1.84. The fourth-order valence-electron chi connectivity index (χ4n) is 4.60. The van der Waals surface area contributed by atoms with Crippen molar-refractivity contribution in [2.75, 3.05) is 12.9 Å². The van der Waals surface area contributed by atoms with E-state index in [9.17, 15) is 30.8 Å². The third kappa shape index (κ3) is 8.91. The van der Waals surface area contributed by atoms with Crippen LogP contribution in [0.3, 0.4) is 0 Å². The topological polar surface area (TPSA) is 114 Å². The maximum Gasteiger partial charge on any atom is 0.387 e. The molecular formula is C31H28F4N2O7S. The van der Waals surface area contributed by atoms with Crippen LogP contribution in [0.15, 0.2) is 90.2 Å². The molecule has 0 N–H and O–H groups in total. The first kappa shape index (κ1) is 33.2. The van der Waals surface area contributed by atoms with E-state index in [1.807, 2.05) is 0 Å². The monoisotopic (exact) mass is 648 g/mol. The minimum absolute atomic E-state index is 0.0459. The zero-order chi connectivity index (χ0) is 32.6. The number of carbonyl (C=O) groups excluding carboxylic acids is 1. The summed E-state index contributed by atoms with van der Waals surface area (Å²) in [6.07, 6.45) is 5.48. The lowest BCUT2D eigenvalue weighted by Gasteiger charge is -2.27. The Labute approximate surface area is 256 Å². The van der Waals surface area contributed by atoms with Crippen molar-refractivity contribution in [3.05, 3.63) is 108 Å². The largest absolute Gasteiger partial charge is 0.473 e. The molecule has 9 nitrogen and oxygen atoms in total. The number of aromatic nitrogens is 2. The number of hydrogen-bond acceptors (Lipinski definition) is 9. The molecule has 14 heteroatoms. The molecule has 2 unspecified atom stereocenters. The van der Waals surface area contributed by atoms with Gasteiger partial charge in [0.1, 0.15) is 6.61 Å². The summed E-state index contributed by atoms with van der Waals surface area (Å²) >= 11 is 0. The van der Waals surface area contributed by atoms with E-state index in [0.717, 1.165) is 18.4 Å². The van der Waals surface area contributed by atoms with Gasteiger partial charge in [0.25, 0.3) is 0 Å². The maximum absolute atomic E-state index is 13.4. The van der Waals surface area contributed by atoms with Gasteiger partial charge in [0.05, 0.1) is 17.4 Å². The van der Waals surface area contributed by atoms with Gasteiger partial charge in [-0.05, 0) is 65.6 Å². The molecule has 0 aliphatic rings. The zero-order valence-corrected chi connectivity index (χ0v) is 24.8. The summed E-state index contributed by atoms with van der Waals surface area (Å²) in [5.74, 6) is -3.69. The molecule has 4 aromatic rings. The number of benzene rings is 2. The summed E-state index contributed by atoms with van der Waals surface area (Å²) in [5, 5.41) is 0. The van der Waals surface area contributed by atoms with Gasteiger partial charge < -0.3 is 18.9 Å². The van der Waals surface area contributed by atoms with Crippen LogP contribution in [-0.4, -0.2) is 50.4 Å². The van der Waals surface area contributed by atoms with Crippen molar-refractivity contribution >= 4 is 15.8 Å². The SMILES string of the molecule is CCOC(=O)C(c1ccncc1)C(c1ccc(OCc2ccc(S(C)(=O)=O)cc2)nc1)c1ccc(OC(F)F)c(OC(F)F)c1. The Morgan fingerprint density at radius 1 is 0.822 bits per heavy atom. The second-order valence-corrected chi connectivity index (χ2v) is 11.6. The van der Waals surface area contributed by atoms with Gasteiger partial charge in [-0.25, -0.2) is 13.4 Å². The number of carbonyl (C=O) groups is 1. The second kappa shape index (κ2) is 14.8. The fourth-order valence-corrected chi connectivity index (χ4v) is 5.23. The van der Waals surface area contributed by atoms with Crippen molar-refractivity contribution in [2.24, 2.45) is 0 Å². The summed E-state index contributed by atoms with van der Waals surface area (Å²) in [6, 6.07) is 16.0. The molecule has 0 bridgehead atoms. The number of sulfone groups is 1. The molecule has 238 valence electrons. The fraction of sp³-hybridized carbons (Fsp3) is 0.258. The summed E-state index contributed by atoms with van der Waals surface area (Å²) in [7, 11) is -3.35. The maximum atomic E-state index is 13.4. The molecule has 0 spiro atoms. The number of nitrogens with zero attached hydrogens (tertiary/aromatic N) is 2. The van der Waals surface area contributed by atoms with Gasteiger partial charge in [-0.1, -0.05) is 24.3 Å². The molecule has 0 saturated heterocycles. The van der Waals surface area contributed by atoms with E-state index >= 15 is 0 Å². The minimum Gasteiger partial charge on any atom is -0.473 e. The Balaban J connectivity index is 1.73. The van der Waals surface area contributed by atoms with E-state index in [1.54, 1.807) is 37.3 Å². The summed E-state index contributed by atoms with van der Waals surface area (Å²) in [6.45, 7) is -4.90. The molecule has 0 saturated carbocycles. The Hall–Kier alpha value is -4.72. The zero-order valence-electron chi connectivity index (χ0n) is 24.0. The number of hydrogen-bond donors (Lipinski definition) is 0. The van der Waals surface area contributed by atoms with Gasteiger partial charge in [-0.3, -0.25) is 9.78 Å². The van der Waals surface area contributed by atoms with Crippen LogP contribution in [0.25, 0.3) is 0 Å². The van der Waals surface area contributed by atoms with Crippen molar-refractivity contribution < 1.29 is 49.7 Å². The molecule has 2 aromatic carbocycles. The van der Waals surface area contributed by atoms with E-state index in [-0.39, 0.29) is 29.6 Å². The Kier molecular flexibility index (Phi) is 10.9. The highest BCUT2D eigenvalue weighted by Gasteiger charge is 2.35. The van der Waals surface area contributed by atoms with Gasteiger partial charge >= 0.3 is 19.2 Å². The van der Waals surface area contributed by atoms with Gasteiger partial charge in [-0.2, -0.15) is 17.6 Å². The van der Waals surface area contributed by atoms with E-state index in [0.29, 0.717) is 16.7 Å². The molecule has 0 fully saturated rings. The number of ether oxygens (including phenoxy) is 4. The molecule has 0 aliphatic heterocycles. The highest BCUT2D eigenvalue weighted by Crippen LogP contribution is 2.43. The number of pyridine rings is 2. The van der Waals surface area contributed by atoms with E-state index in [2.05, 4.69) is 19.4 Å². The Morgan fingerprint density at radius 3 is 2.04 bits per heavy atom. The predicted molar refractivity (Wildman–Crippen MR) is 153 cm³/mol. The van der Waals surface area contributed by atoms with Crippen LogP contribution in [0.5, 0.6) is 17.4 Å². The smallest absolute Gasteiger partial charge is 0.387 e. The van der Waals surface area contributed by atoms with Crippen LogP contribution >= 0.6 is 0 Å². The van der Waals surface area contributed by atoms with Crippen LogP contribution in [0.1, 0.15) is 41.0 Å². The number of esters is 1. The van der Waals surface area contributed by atoms with E-state index < -0.39 is 52.4 Å². The van der Waals surface area contributed by atoms with Crippen molar-refractivity contribution in [1.29, 1.82) is 0 Å². The molecule has 2 aromatic heterocycles. The van der Waals surface area contributed by atoms with Crippen LogP contribution < -0.4 is 14.2 Å². The van der Waals surface area contributed by atoms with Gasteiger partial charge in [0, 0.05) is 36.8 Å². The third-order valence-electron chi connectivity index (χ3n) is 6.55. The standard InChI is InChI=1S/C31H28F4N2O7S/c1-3-41-29(38)28(20-12-14-36-15-13-20)27(21-6-10-24(43-30(32)33)25(16-21)44-31(34)35)22-7-11-26(37-17-22)42-18-19-4-8-23(9-5-19)45(2,39)40/h4-17,27-28,30-31H,3,18H2,1-2H3. The van der Waals surface area contributed by atoms with Crippen LogP contribution in [-0.2, 0) is 26.0 Å². The van der Waals surface area contributed by atoms with Crippen molar-refractivity contribution in [2.45, 2.75) is 43.5 Å². The third-order valence-corrected chi connectivity index (χ3v) is 7.68. The molecule has 45 heavy (non-hydrogen) atoms. The molecule has 0 aliphatic carbocycles. The van der Waals surface area contributed by atoms with Gasteiger partial charge in [0.15, 0.2) is 21.3 Å². The first-order valence-electron chi connectivity index (χ1n) is 13.4. The molecule has 0 amide bonds. The summed E-state index contributed by atoms with van der Waals surface area (Å²) < 4.78 is 95.9. The first-order chi connectivity index (χ1) is 21.5. The summed E-state index contributed by atoms with van der Waals surface area (Å²) in [4.78, 5) is 21.9. The second-order valence-electron chi connectivity index (χ2n) is 9.59. The molecule has 2 atom stereocenters. The lowest BCUT2D eigenvalue weighted by Crippen LogP contribution is -2.24. The average molecular weight is 649 g/mol. The highest BCUT2D eigenvalue weighted by molar-refractivity contribution is 7.90. The lowest BCUT2D eigenvalue weighted by molar-refractivity contribution is -0.145. The molecule has 2 heterocycles. The van der Waals surface area contributed by atoms with Crippen LogP contribution in [0, 0.1) is 0 Å². The van der Waals surface area contributed by atoms with Gasteiger partial charge in [0.2, 0.25) is 5.88 Å². The normalized spacial score (nSPS) is 12.9. The Morgan fingerprint density at radius 2 is 1.47 bits per heavy atom. The van der Waals surface area contributed by atoms with E-state index in [4.69, 9.17) is 9.47 Å².